The van der Waals surface area contributed by atoms with Gasteiger partial charge in [-0.05, 0) is 43.3 Å². The van der Waals surface area contributed by atoms with Gasteiger partial charge in [-0.15, -0.1) is 0 Å². The van der Waals surface area contributed by atoms with Crippen molar-refractivity contribution in [2.45, 2.75) is 6.92 Å². The summed E-state index contributed by atoms with van der Waals surface area (Å²) in [5.74, 6) is 0.426. The number of amides is 1. The summed E-state index contributed by atoms with van der Waals surface area (Å²) in [6, 6.07) is 13.1. The second kappa shape index (κ2) is 8.51. The number of benzene rings is 2. The molecular weight excluding hydrogens is 362 g/mol. The molecule has 8 heteroatoms. The maximum atomic E-state index is 12.4. The number of hydrogen-bond donors (Lipinski definition) is 0. The van der Waals surface area contributed by atoms with E-state index in [9.17, 15) is 19.7 Å². The van der Waals surface area contributed by atoms with Crippen LogP contribution < -0.4 is 9.64 Å². The molecule has 0 atom stereocenters. The second-order valence-electron chi connectivity index (χ2n) is 6.51. The lowest BCUT2D eigenvalue weighted by molar-refractivity contribution is -0.384. The number of carbonyl (C=O) groups excluding carboxylic acids is 2. The van der Waals surface area contributed by atoms with Crippen LogP contribution in [0.15, 0.2) is 48.5 Å². The number of anilines is 1. The SMILES string of the molecule is CC(=O)c1ccc(OCC(=O)N2CCN(c3ccc([N+](=O)[O-])cc3)CC2)cc1. The van der Waals surface area contributed by atoms with Crippen LogP contribution in [0.1, 0.15) is 17.3 Å². The second-order valence-corrected chi connectivity index (χ2v) is 6.51. The molecule has 0 bridgehead atoms. The molecular formula is C20H21N3O5. The van der Waals surface area contributed by atoms with Crippen molar-refractivity contribution in [3.8, 4) is 5.75 Å². The van der Waals surface area contributed by atoms with E-state index in [-0.39, 0.29) is 24.0 Å². The molecule has 146 valence electrons. The zero-order valence-corrected chi connectivity index (χ0v) is 15.5. The van der Waals surface area contributed by atoms with Crippen LogP contribution in [0.2, 0.25) is 0 Å². The standard InChI is InChI=1S/C20H21N3O5/c1-15(24)16-2-8-19(9-3-16)28-14-20(25)22-12-10-21(11-13-22)17-4-6-18(7-5-17)23(26)27/h2-9H,10-14H2,1H3. The Morgan fingerprint density at radius 3 is 2.14 bits per heavy atom. The molecule has 0 saturated carbocycles. The van der Waals surface area contributed by atoms with Crippen LogP contribution in [0.3, 0.4) is 0 Å². The summed E-state index contributed by atoms with van der Waals surface area (Å²) in [5.41, 5.74) is 1.56. The Morgan fingerprint density at radius 2 is 1.61 bits per heavy atom. The van der Waals surface area contributed by atoms with Crippen LogP contribution in [0, 0.1) is 10.1 Å². The van der Waals surface area contributed by atoms with Gasteiger partial charge in [0.1, 0.15) is 5.75 Å². The van der Waals surface area contributed by atoms with Crippen LogP contribution >= 0.6 is 0 Å². The molecule has 0 aromatic heterocycles. The summed E-state index contributed by atoms with van der Waals surface area (Å²) in [6.07, 6.45) is 0. The first-order valence-electron chi connectivity index (χ1n) is 8.95. The topological polar surface area (TPSA) is 93.0 Å². The third-order valence-corrected chi connectivity index (χ3v) is 4.68. The number of ether oxygens (including phenoxy) is 1. The molecule has 0 radical (unpaired) electrons. The lowest BCUT2D eigenvalue weighted by atomic mass is 10.1. The van der Waals surface area contributed by atoms with Gasteiger partial charge in [0.05, 0.1) is 4.92 Å². The number of nitro benzene ring substituents is 1. The minimum Gasteiger partial charge on any atom is -0.484 e. The van der Waals surface area contributed by atoms with E-state index in [1.807, 2.05) is 0 Å². The first-order chi connectivity index (χ1) is 13.4. The minimum atomic E-state index is -0.423. The van der Waals surface area contributed by atoms with Crippen LogP contribution in [-0.4, -0.2) is 54.3 Å². The Balaban J connectivity index is 1.48. The Bertz CT molecular complexity index is 856. The van der Waals surface area contributed by atoms with Crippen molar-refractivity contribution in [3.05, 3.63) is 64.2 Å². The maximum absolute atomic E-state index is 12.4. The summed E-state index contributed by atoms with van der Waals surface area (Å²) in [7, 11) is 0. The van der Waals surface area contributed by atoms with Crippen LogP contribution in [-0.2, 0) is 4.79 Å². The number of Topliss-reactive ketones (excluding diaryl/α,β-unsaturated/α-hetero) is 1. The first-order valence-corrected chi connectivity index (χ1v) is 8.95. The summed E-state index contributed by atoms with van der Waals surface area (Å²) in [6.45, 7) is 3.85. The quantitative estimate of drug-likeness (QED) is 0.432. The molecule has 8 nitrogen and oxygen atoms in total. The van der Waals surface area contributed by atoms with Gasteiger partial charge >= 0.3 is 0 Å². The third kappa shape index (κ3) is 4.64. The summed E-state index contributed by atoms with van der Waals surface area (Å²) in [5, 5.41) is 10.7. The molecule has 0 aliphatic carbocycles. The van der Waals surface area contributed by atoms with Crippen molar-refractivity contribution in [1.29, 1.82) is 0 Å². The molecule has 2 aromatic rings. The number of hydrogen-bond acceptors (Lipinski definition) is 6. The molecule has 0 spiro atoms. The van der Waals surface area contributed by atoms with E-state index in [1.165, 1.54) is 19.1 Å². The van der Waals surface area contributed by atoms with Crippen molar-refractivity contribution < 1.29 is 19.2 Å². The number of nitrogens with zero attached hydrogens (tertiary/aromatic N) is 3. The minimum absolute atomic E-state index is 0.0199. The van der Waals surface area contributed by atoms with E-state index in [0.717, 1.165) is 5.69 Å². The summed E-state index contributed by atoms with van der Waals surface area (Å²) < 4.78 is 5.52. The molecule has 28 heavy (non-hydrogen) atoms. The van der Waals surface area contributed by atoms with Crippen LogP contribution in [0.5, 0.6) is 5.75 Å². The van der Waals surface area contributed by atoms with E-state index < -0.39 is 4.92 Å². The van der Waals surface area contributed by atoms with Crippen molar-refractivity contribution in [3.63, 3.8) is 0 Å². The average molecular weight is 383 g/mol. The maximum Gasteiger partial charge on any atom is 0.269 e. The highest BCUT2D eigenvalue weighted by molar-refractivity contribution is 5.94. The van der Waals surface area contributed by atoms with Gasteiger partial charge in [-0.25, -0.2) is 0 Å². The zero-order valence-electron chi connectivity index (χ0n) is 15.5. The third-order valence-electron chi connectivity index (χ3n) is 4.68. The van der Waals surface area contributed by atoms with Gasteiger partial charge in [0.15, 0.2) is 12.4 Å². The molecule has 0 N–H and O–H groups in total. The number of piperazine rings is 1. The molecule has 1 amide bonds. The van der Waals surface area contributed by atoms with Crippen molar-refractivity contribution in [1.82, 2.24) is 4.90 Å². The largest absolute Gasteiger partial charge is 0.484 e. The van der Waals surface area contributed by atoms with Gasteiger partial charge in [-0.3, -0.25) is 19.7 Å². The van der Waals surface area contributed by atoms with E-state index in [1.54, 1.807) is 41.3 Å². The number of nitro groups is 1. The van der Waals surface area contributed by atoms with Gasteiger partial charge in [-0.1, -0.05) is 0 Å². The fourth-order valence-corrected chi connectivity index (χ4v) is 3.02. The molecule has 2 aromatic carbocycles. The fraction of sp³-hybridized carbons (Fsp3) is 0.300. The predicted molar refractivity (Wildman–Crippen MR) is 104 cm³/mol. The number of ketones is 1. The fourth-order valence-electron chi connectivity index (χ4n) is 3.02. The van der Waals surface area contributed by atoms with Gasteiger partial charge in [0, 0.05) is 49.6 Å². The van der Waals surface area contributed by atoms with Crippen molar-refractivity contribution >= 4 is 23.1 Å². The highest BCUT2D eigenvalue weighted by Gasteiger charge is 2.22. The number of rotatable bonds is 6. The average Bonchev–Trinajstić information content (AvgIpc) is 2.72. The summed E-state index contributed by atoms with van der Waals surface area (Å²) in [4.78, 5) is 37.8. The van der Waals surface area contributed by atoms with Gasteiger partial charge in [0.25, 0.3) is 11.6 Å². The smallest absolute Gasteiger partial charge is 0.269 e. The van der Waals surface area contributed by atoms with Gasteiger partial charge < -0.3 is 14.5 Å². The van der Waals surface area contributed by atoms with Crippen LogP contribution in [0.4, 0.5) is 11.4 Å². The van der Waals surface area contributed by atoms with Gasteiger partial charge in [0.2, 0.25) is 0 Å². The normalized spacial score (nSPS) is 13.9. The first kappa shape index (κ1) is 19.3. The Kier molecular flexibility index (Phi) is 5.88. The molecule has 1 saturated heterocycles. The Hall–Kier alpha value is -3.42. The van der Waals surface area contributed by atoms with E-state index in [4.69, 9.17) is 4.74 Å². The molecule has 0 unspecified atom stereocenters. The zero-order chi connectivity index (χ0) is 20.1. The van der Waals surface area contributed by atoms with E-state index >= 15 is 0 Å². The van der Waals surface area contributed by atoms with E-state index in [0.29, 0.717) is 37.5 Å². The Morgan fingerprint density at radius 1 is 1.00 bits per heavy atom. The molecule has 1 heterocycles. The number of carbonyl (C=O) groups is 2. The van der Waals surface area contributed by atoms with Crippen molar-refractivity contribution in [2.24, 2.45) is 0 Å². The predicted octanol–water partition coefficient (Wildman–Crippen LogP) is 2.53. The van der Waals surface area contributed by atoms with Crippen molar-refractivity contribution in [2.75, 3.05) is 37.7 Å². The molecule has 1 fully saturated rings. The lowest BCUT2D eigenvalue weighted by Crippen LogP contribution is -2.50. The van der Waals surface area contributed by atoms with E-state index in [2.05, 4.69) is 4.90 Å². The number of non-ortho nitro benzene ring substituents is 1. The summed E-state index contributed by atoms with van der Waals surface area (Å²) >= 11 is 0. The van der Waals surface area contributed by atoms with Crippen LogP contribution in [0.25, 0.3) is 0 Å². The highest BCUT2D eigenvalue weighted by atomic mass is 16.6. The van der Waals surface area contributed by atoms with Gasteiger partial charge in [-0.2, -0.15) is 0 Å². The molecule has 3 rings (SSSR count). The molecule has 1 aliphatic rings. The highest BCUT2D eigenvalue weighted by Crippen LogP contribution is 2.21. The Labute approximate surface area is 162 Å². The lowest BCUT2D eigenvalue weighted by Gasteiger charge is -2.36. The monoisotopic (exact) mass is 383 g/mol. The molecule has 1 aliphatic heterocycles.